The Kier molecular flexibility index (Phi) is 8.07. The van der Waals surface area contributed by atoms with Gasteiger partial charge in [-0.3, -0.25) is 9.80 Å². The average molecular weight is 903 g/mol. The summed E-state index contributed by atoms with van der Waals surface area (Å²) in [6.07, 6.45) is 3.77. The van der Waals surface area contributed by atoms with Crippen LogP contribution in [0, 0.1) is 0 Å². The van der Waals surface area contributed by atoms with Crippen molar-refractivity contribution in [3.05, 3.63) is 207 Å². The molecule has 0 aliphatic heterocycles. The lowest BCUT2D eigenvalue weighted by Gasteiger charge is -2.27. The van der Waals surface area contributed by atoms with Gasteiger partial charge in [0.15, 0.2) is 5.82 Å². The monoisotopic (exact) mass is 902 g/mol. The van der Waals surface area contributed by atoms with Crippen LogP contribution >= 0.6 is 11.3 Å². The van der Waals surface area contributed by atoms with Crippen LogP contribution in [0.4, 0.5) is 34.5 Å². The molecule has 0 bridgehead atoms. The van der Waals surface area contributed by atoms with E-state index in [1.54, 1.807) is 0 Å². The van der Waals surface area contributed by atoms with Crippen LogP contribution in [-0.2, 0) is 0 Å². The minimum absolute atomic E-state index is 0.522. The zero-order valence-corrected chi connectivity index (χ0v) is 37.4. The Bertz CT molecular complexity index is 4210. The summed E-state index contributed by atoms with van der Waals surface area (Å²) in [5.41, 5.74) is 7.79. The number of fused-ring (bicyclic) bond motifs is 13. The number of hydrogen-bond acceptors (Lipinski definition) is 9. The maximum absolute atomic E-state index is 6.49. The Morgan fingerprint density at radius 1 is 0.348 bits per heavy atom. The fraction of sp³-hybridized carbons (Fsp3) is 0. The van der Waals surface area contributed by atoms with Gasteiger partial charge in [0, 0.05) is 61.4 Å². The van der Waals surface area contributed by atoms with Gasteiger partial charge in [-0.15, -0.1) is 0 Å². The maximum atomic E-state index is 6.49. The number of para-hydroxylation sites is 2. The Morgan fingerprint density at radius 3 is 1.33 bits per heavy atom. The molecule has 322 valence electrons. The highest BCUT2D eigenvalue weighted by Crippen LogP contribution is 2.47. The third-order valence-corrected chi connectivity index (χ3v) is 14.5. The quantitative estimate of drug-likeness (QED) is 0.153. The molecule has 0 N–H and O–H groups in total. The average Bonchev–Trinajstić information content (AvgIpc) is 4.09. The SMILES string of the molecule is c1ccc2c(N(c3ccc4c(c3)oc3ccccc34)c3cnc4c(n3)sc3nc(N(c5ccc6c(c5)oc5ccccc56)c5c6ccccc6cc6ccccc56)ncc34)c3ccccc3cc2c1. The highest BCUT2D eigenvalue weighted by atomic mass is 32.1. The van der Waals surface area contributed by atoms with E-state index >= 15 is 0 Å². The fourth-order valence-electron chi connectivity index (χ4n) is 10.4. The molecule has 0 saturated heterocycles. The Labute approximate surface area is 396 Å². The molecular weight excluding hydrogens is 869 g/mol. The minimum Gasteiger partial charge on any atom is -0.456 e. The van der Waals surface area contributed by atoms with Crippen molar-refractivity contribution in [2.45, 2.75) is 0 Å². The molecule has 0 atom stereocenters. The molecule has 0 amide bonds. The van der Waals surface area contributed by atoms with E-state index in [9.17, 15) is 0 Å². The molecule has 9 heteroatoms. The van der Waals surface area contributed by atoms with Crippen molar-refractivity contribution in [2.75, 3.05) is 9.80 Å². The van der Waals surface area contributed by atoms with Crippen molar-refractivity contribution in [2.24, 2.45) is 0 Å². The van der Waals surface area contributed by atoms with Gasteiger partial charge in [0.1, 0.15) is 37.5 Å². The number of benzene rings is 10. The molecule has 10 aromatic carbocycles. The smallest absolute Gasteiger partial charge is 0.236 e. The van der Waals surface area contributed by atoms with E-state index in [0.717, 1.165) is 130 Å². The molecule has 8 nitrogen and oxygen atoms in total. The van der Waals surface area contributed by atoms with E-state index in [2.05, 4.69) is 168 Å². The van der Waals surface area contributed by atoms with Crippen molar-refractivity contribution in [1.29, 1.82) is 0 Å². The number of aromatic nitrogens is 4. The minimum atomic E-state index is 0.522. The molecule has 15 rings (SSSR count). The van der Waals surface area contributed by atoms with Crippen LogP contribution in [0.2, 0.25) is 0 Å². The topological polar surface area (TPSA) is 84.3 Å². The lowest BCUT2D eigenvalue weighted by atomic mass is 9.99. The van der Waals surface area contributed by atoms with E-state index < -0.39 is 0 Å². The van der Waals surface area contributed by atoms with Gasteiger partial charge in [0.25, 0.3) is 0 Å². The number of furan rings is 2. The molecule has 0 aliphatic carbocycles. The molecule has 0 spiro atoms. The van der Waals surface area contributed by atoms with Crippen molar-refractivity contribution in [3.63, 3.8) is 0 Å². The number of hydrogen-bond donors (Lipinski definition) is 0. The first kappa shape index (κ1) is 38.0. The molecule has 0 fully saturated rings. The lowest BCUT2D eigenvalue weighted by molar-refractivity contribution is 0.668. The van der Waals surface area contributed by atoms with E-state index in [1.165, 1.54) is 11.3 Å². The third-order valence-electron chi connectivity index (χ3n) is 13.5. The second kappa shape index (κ2) is 14.7. The van der Waals surface area contributed by atoms with Crippen molar-refractivity contribution >= 4 is 153 Å². The van der Waals surface area contributed by atoms with Gasteiger partial charge in [0.2, 0.25) is 5.95 Å². The van der Waals surface area contributed by atoms with Crippen LogP contribution in [0.15, 0.2) is 215 Å². The predicted octanol–water partition coefficient (Wildman–Crippen LogP) is 17.0. The second-order valence-corrected chi connectivity index (χ2v) is 18.4. The number of rotatable bonds is 6. The molecular formula is C60H34N6O2S. The molecule has 0 saturated carbocycles. The third kappa shape index (κ3) is 5.81. The lowest BCUT2D eigenvalue weighted by Crippen LogP contribution is -2.14. The van der Waals surface area contributed by atoms with Crippen LogP contribution in [0.3, 0.4) is 0 Å². The summed E-state index contributed by atoms with van der Waals surface area (Å²) in [5.74, 6) is 1.19. The Morgan fingerprint density at radius 2 is 0.797 bits per heavy atom. The van der Waals surface area contributed by atoms with E-state index in [0.29, 0.717) is 11.8 Å². The summed E-state index contributed by atoms with van der Waals surface area (Å²) in [7, 11) is 0. The van der Waals surface area contributed by atoms with Gasteiger partial charge in [-0.25, -0.2) is 19.9 Å². The largest absolute Gasteiger partial charge is 0.456 e. The molecule has 69 heavy (non-hydrogen) atoms. The van der Waals surface area contributed by atoms with Gasteiger partial charge >= 0.3 is 0 Å². The first-order valence-corrected chi connectivity index (χ1v) is 23.7. The van der Waals surface area contributed by atoms with Gasteiger partial charge in [0.05, 0.1) is 34.3 Å². The van der Waals surface area contributed by atoms with Gasteiger partial charge in [-0.1, -0.05) is 145 Å². The number of thiophene rings is 1. The van der Waals surface area contributed by atoms with Crippen LogP contribution < -0.4 is 9.80 Å². The fourth-order valence-corrected chi connectivity index (χ4v) is 11.4. The van der Waals surface area contributed by atoms with Crippen LogP contribution in [0.25, 0.3) is 108 Å². The van der Waals surface area contributed by atoms with E-state index in [4.69, 9.17) is 28.8 Å². The van der Waals surface area contributed by atoms with Crippen molar-refractivity contribution in [3.8, 4) is 0 Å². The Balaban J connectivity index is 0.949. The van der Waals surface area contributed by atoms with E-state index in [-0.39, 0.29) is 0 Å². The van der Waals surface area contributed by atoms with Gasteiger partial charge < -0.3 is 8.83 Å². The molecule has 5 aromatic heterocycles. The first-order chi connectivity index (χ1) is 34.2. The maximum Gasteiger partial charge on any atom is 0.236 e. The second-order valence-electron chi connectivity index (χ2n) is 17.4. The predicted molar refractivity (Wildman–Crippen MR) is 284 cm³/mol. The standard InChI is InChI=1S/C60H34N6O2S/c1-5-17-41-35(13-1)29-36-14-2-6-18-42(36)56(41)65(39-25-27-47-45-21-9-11-23-50(45)67-52(47)31-39)54-34-61-55-49-33-62-60(64-58(49)69-59(55)63-54)66(40-26-28-48-46-22-10-12-24-51(46)68-53(48)32-40)57-43-19-7-3-15-37(43)30-38-16-4-8-20-44(38)57/h1-34H. The highest BCUT2D eigenvalue weighted by molar-refractivity contribution is 7.25. The normalized spacial score (nSPS) is 12.1. The van der Waals surface area contributed by atoms with Crippen molar-refractivity contribution < 1.29 is 8.83 Å². The summed E-state index contributed by atoms with van der Waals surface area (Å²) >= 11 is 1.52. The number of nitrogens with zero attached hydrogens (tertiary/aromatic N) is 6. The van der Waals surface area contributed by atoms with Gasteiger partial charge in [-0.2, -0.15) is 0 Å². The molecule has 5 heterocycles. The summed E-state index contributed by atoms with van der Waals surface area (Å²) < 4.78 is 13.0. The first-order valence-electron chi connectivity index (χ1n) is 22.8. The molecule has 0 unspecified atom stereocenters. The summed E-state index contributed by atoms with van der Waals surface area (Å²) in [6.45, 7) is 0. The highest BCUT2D eigenvalue weighted by Gasteiger charge is 2.26. The van der Waals surface area contributed by atoms with Crippen LogP contribution in [-0.4, -0.2) is 19.9 Å². The van der Waals surface area contributed by atoms with Crippen LogP contribution in [0.1, 0.15) is 0 Å². The van der Waals surface area contributed by atoms with Crippen molar-refractivity contribution in [1.82, 2.24) is 19.9 Å². The summed E-state index contributed by atoms with van der Waals surface area (Å²) in [5, 5.41) is 13.9. The zero-order chi connectivity index (χ0) is 45.2. The number of anilines is 6. The Hall–Kier alpha value is -9.18. The zero-order valence-electron chi connectivity index (χ0n) is 36.5. The van der Waals surface area contributed by atoms with Gasteiger partial charge in [-0.05, 0) is 70.1 Å². The summed E-state index contributed by atoms with van der Waals surface area (Å²) in [6, 6.07) is 67.8. The molecule has 0 aliphatic rings. The van der Waals surface area contributed by atoms with Crippen LogP contribution in [0.5, 0.6) is 0 Å². The molecule has 0 radical (unpaired) electrons. The molecule has 15 aromatic rings. The summed E-state index contributed by atoms with van der Waals surface area (Å²) in [4.78, 5) is 27.2. The van der Waals surface area contributed by atoms with E-state index in [1.807, 2.05) is 48.8 Å².